The molecular weight excluding hydrogens is 337 g/mol. The number of ether oxygens (including phenoxy) is 2. The highest BCUT2D eigenvalue weighted by Crippen LogP contribution is 2.15. The molecule has 0 unspecified atom stereocenters. The summed E-state index contributed by atoms with van der Waals surface area (Å²) in [4.78, 5) is 24.1. The van der Waals surface area contributed by atoms with Crippen LogP contribution in [0.1, 0.15) is 25.0 Å². The van der Waals surface area contributed by atoms with Crippen LogP contribution in [0.4, 0.5) is 4.39 Å². The first kappa shape index (κ1) is 19.4. The van der Waals surface area contributed by atoms with E-state index in [0.717, 1.165) is 11.1 Å². The molecule has 0 aliphatic heterocycles. The lowest BCUT2D eigenvalue weighted by Crippen LogP contribution is -2.38. The van der Waals surface area contributed by atoms with E-state index in [9.17, 15) is 14.0 Å². The molecule has 0 aromatic heterocycles. The fraction of sp³-hybridized carbons (Fsp3) is 0.300. The molecule has 5 nitrogen and oxygen atoms in total. The largest absolute Gasteiger partial charge is 0.479 e. The normalized spacial score (nSPS) is 12.8. The maximum absolute atomic E-state index is 12.9. The van der Waals surface area contributed by atoms with E-state index in [-0.39, 0.29) is 12.4 Å². The second-order valence-corrected chi connectivity index (χ2v) is 6.00. The first-order valence-corrected chi connectivity index (χ1v) is 8.31. The number of hydrogen-bond acceptors (Lipinski definition) is 4. The summed E-state index contributed by atoms with van der Waals surface area (Å²) in [6, 6.07) is 13.1. The van der Waals surface area contributed by atoms with Gasteiger partial charge in [0.25, 0.3) is 5.91 Å². The lowest BCUT2D eigenvalue weighted by molar-refractivity contribution is -0.160. The van der Waals surface area contributed by atoms with E-state index in [1.165, 1.54) is 19.1 Å². The van der Waals surface area contributed by atoms with Crippen molar-refractivity contribution in [2.24, 2.45) is 0 Å². The van der Waals surface area contributed by atoms with E-state index >= 15 is 0 Å². The van der Waals surface area contributed by atoms with Crippen molar-refractivity contribution in [1.29, 1.82) is 0 Å². The maximum atomic E-state index is 12.9. The Kier molecular flexibility index (Phi) is 6.72. The van der Waals surface area contributed by atoms with Gasteiger partial charge in [0.1, 0.15) is 11.6 Å². The van der Waals surface area contributed by atoms with Gasteiger partial charge in [0.05, 0.1) is 0 Å². The Balaban J connectivity index is 1.81. The average Bonchev–Trinajstić information content (AvgIpc) is 2.60. The molecule has 0 aliphatic carbocycles. The second kappa shape index (κ2) is 8.99. The van der Waals surface area contributed by atoms with Crippen LogP contribution in [0, 0.1) is 12.7 Å². The maximum Gasteiger partial charge on any atom is 0.347 e. The summed E-state index contributed by atoms with van der Waals surface area (Å²) in [5.41, 5.74) is 1.76. The van der Waals surface area contributed by atoms with Gasteiger partial charge in [0, 0.05) is 6.54 Å². The topological polar surface area (TPSA) is 64.6 Å². The van der Waals surface area contributed by atoms with Gasteiger partial charge >= 0.3 is 5.97 Å². The van der Waals surface area contributed by atoms with E-state index in [4.69, 9.17) is 9.47 Å². The molecule has 2 rings (SSSR count). The predicted molar refractivity (Wildman–Crippen MR) is 95.1 cm³/mol. The van der Waals surface area contributed by atoms with Crippen LogP contribution >= 0.6 is 0 Å². The number of esters is 1. The van der Waals surface area contributed by atoms with Crippen LogP contribution < -0.4 is 10.1 Å². The number of carbonyl (C=O) groups excluding carboxylic acids is 2. The molecule has 2 aromatic rings. The first-order valence-electron chi connectivity index (χ1n) is 8.31. The standard InChI is InChI=1S/C20H22FNO4/c1-13-5-4-6-18(11-13)25-15(3)20(24)26-14(2)19(23)22-12-16-7-9-17(21)10-8-16/h4-11,14-15H,12H2,1-3H3,(H,22,23)/t14-,15+/m0/s1. The summed E-state index contributed by atoms with van der Waals surface area (Å²) in [6.45, 7) is 5.19. The summed E-state index contributed by atoms with van der Waals surface area (Å²) < 4.78 is 23.5. The molecule has 0 fully saturated rings. The van der Waals surface area contributed by atoms with Crippen LogP contribution in [0.15, 0.2) is 48.5 Å². The molecule has 2 aromatic carbocycles. The third-order valence-corrected chi connectivity index (χ3v) is 3.68. The molecule has 0 heterocycles. The minimum Gasteiger partial charge on any atom is -0.479 e. The molecule has 0 saturated carbocycles. The SMILES string of the molecule is Cc1cccc(O[C@H](C)C(=O)O[C@@H](C)C(=O)NCc2ccc(F)cc2)c1. The minimum atomic E-state index is -0.966. The molecule has 1 amide bonds. The monoisotopic (exact) mass is 359 g/mol. The Morgan fingerprint density at radius 1 is 1.08 bits per heavy atom. The lowest BCUT2D eigenvalue weighted by atomic mass is 10.2. The van der Waals surface area contributed by atoms with Crippen molar-refractivity contribution in [1.82, 2.24) is 5.32 Å². The van der Waals surface area contributed by atoms with Crippen molar-refractivity contribution in [3.8, 4) is 5.75 Å². The first-order chi connectivity index (χ1) is 12.3. The van der Waals surface area contributed by atoms with Crippen molar-refractivity contribution in [3.63, 3.8) is 0 Å². The van der Waals surface area contributed by atoms with Crippen LogP contribution in [0.3, 0.4) is 0 Å². The minimum absolute atomic E-state index is 0.219. The summed E-state index contributed by atoms with van der Waals surface area (Å²) in [5, 5.41) is 2.64. The second-order valence-electron chi connectivity index (χ2n) is 6.00. The number of rotatable bonds is 7. The molecule has 0 bridgehead atoms. The Hall–Kier alpha value is -2.89. The third-order valence-electron chi connectivity index (χ3n) is 3.68. The number of amides is 1. The van der Waals surface area contributed by atoms with Crippen molar-refractivity contribution in [2.45, 2.75) is 39.5 Å². The predicted octanol–water partition coefficient (Wildman–Crippen LogP) is 3.15. The van der Waals surface area contributed by atoms with Crippen LogP contribution in [-0.2, 0) is 20.9 Å². The zero-order chi connectivity index (χ0) is 19.1. The fourth-order valence-electron chi connectivity index (χ4n) is 2.20. The summed E-state index contributed by atoms with van der Waals surface area (Å²) in [6.07, 6.45) is -1.81. The van der Waals surface area contributed by atoms with Gasteiger partial charge in [-0.05, 0) is 56.2 Å². The fourth-order valence-corrected chi connectivity index (χ4v) is 2.20. The molecule has 0 aliphatic rings. The average molecular weight is 359 g/mol. The molecule has 2 atom stereocenters. The van der Waals surface area contributed by atoms with E-state index in [1.54, 1.807) is 25.1 Å². The quantitative estimate of drug-likeness (QED) is 0.772. The zero-order valence-electron chi connectivity index (χ0n) is 15.0. The summed E-state index contributed by atoms with van der Waals surface area (Å²) >= 11 is 0. The number of benzene rings is 2. The zero-order valence-corrected chi connectivity index (χ0v) is 15.0. The highest BCUT2D eigenvalue weighted by atomic mass is 19.1. The van der Waals surface area contributed by atoms with Crippen molar-refractivity contribution >= 4 is 11.9 Å². The number of nitrogens with one attached hydrogen (secondary N) is 1. The molecule has 138 valence electrons. The number of carbonyl (C=O) groups is 2. The van der Waals surface area contributed by atoms with E-state index in [2.05, 4.69) is 5.32 Å². The number of halogens is 1. The van der Waals surface area contributed by atoms with Crippen LogP contribution in [0.5, 0.6) is 5.75 Å². The lowest BCUT2D eigenvalue weighted by Gasteiger charge is -2.18. The summed E-state index contributed by atoms with van der Waals surface area (Å²) in [5.74, 6) is -0.853. The van der Waals surface area contributed by atoms with Gasteiger partial charge in [-0.2, -0.15) is 0 Å². The number of aryl methyl sites for hydroxylation is 1. The van der Waals surface area contributed by atoms with Gasteiger partial charge in [-0.1, -0.05) is 24.3 Å². The smallest absolute Gasteiger partial charge is 0.347 e. The van der Waals surface area contributed by atoms with Gasteiger partial charge in [-0.15, -0.1) is 0 Å². The van der Waals surface area contributed by atoms with Crippen molar-refractivity contribution in [2.75, 3.05) is 0 Å². The molecule has 0 saturated heterocycles. The van der Waals surface area contributed by atoms with Crippen LogP contribution in [-0.4, -0.2) is 24.1 Å². The summed E-state index contributed by atoms with van der Waals surface area (Å²) in [7, 11) is 0. The van der Waals surface area contributed by atoms with Gasteiger partial charge in [-0.25, -0.2) is 9.18 Å². The number of hydrogen-bond donors (Lipinski definition) is 1. The van der Waals surface area contributed by atoms with Gasteiger partial charge in [0.2, 0.25) is 0 Å². The molecule has 0 radical (unpaired) electrons. The van der Waals surface area contributed by atoms with Crippen LogP contribution in [0.25, 0.3) is 0 Å². The van der Waals surface area contributed by atoms with Crippen molar-refractivity contribution < 1.29 is 23.5 Å². The van der Waals surface area contributed by atoms with E-state index < -0.39 is 24.1 Å². The van der Waals surface area contributed by atoms with E-state index in [0.29, 0.717) is 5.75 Å². The Labute approximate surface area is 152 Å². The molecule has 6 heteroatoms. The van der Waals surface area contributed by atoms with Gasteiger partial charge in [-0.3, -0.25) is 4.79 Å². The van der Waals surface area contributed by atoms with E-state index in [1.807, 2.05) is 25.1 Å². The van der Waals surface area contributed by atoms with Crippen LogP contribution in [0.2, 0.25) is 0 Å². The van der Waals surface area contributed by atoms with Crippen molar-refractivity contribution in [3.05, 3.63) is 65.5 Å². The third kappa shape index (κ3) is 5.88. The van der Waals surface area contributed by atoms with Gasteiger partial charge in [0.15, 0.2) is 12.2 Å². The Bertz CT molecular complexity index is 761. The highest BCUT2D eigenvalue weighted by Gasteiger charge is 2.23. The molecular formula is C20H22FNO4. The highest BCUT2D eigenvalue weighted by molar-refractivity contribution is 5.84. The Morgan fingerprint density at radius 2 is 1.77 bits per heavy atom. The molecule has 0 spiro atoms. The molecule has 1 N–H and O–H groups in total. The molecule has 26 heavy (non-hydrogen) atoms. The Morgan fingerprint density at radius 3 is 2.42 bits per heavy atom. The van der Waals surface area contributed by atoms with Gasteiger partial charge < -0.3 is 14.8 Å².